The zero-order chi connectivity index (χ0) is 18.3. The summed E-state index contributed by atoms with van der Waals surface area (Å²) in [6.45, 7) is 5.56. The monoisotopic (exact) mass is 373 g/mol. The molecule has 4 heterocycles. The summed E-state index contributed by atoms with van der Waals surface area (Å²) in [6.07, 6.45) is 5.46. The van der Waals surface area contributed by atoms with E-state index < -0.39 is 5.82 Å². The molecule has 0 spiro atoms. The molecule has 0 radical (unpaired) electrons. The molecular formula is C18H20FN5OS. The summed E-state index contributed by atoms with van der Waals surface area (Å²) in [5.41, 5.74) is 3.08. The van der Waals surface area contributed by atoms with Crippen LogP contribution in [-0.4, -0.2) is 39.4 Å². The van der Waals surface area contributed by atoms with E-state index in [1.807, 2.05) is 30.6 Å². The third-order valence-corrected chi connectivity index (χ3v) is 5.68. The molecule has 2 N–H and O–H groups in total. The van der Waals surface area contributed by atoms with Gasteiger partial charge in [-0.2, -0.15) is 0 Å². The van der Waals surface area contributed by atoms with E-state index in [-0.39, 0.29) is 16.8 Å². The standard InChI is InChI=1S/C18H20FN5OS/c1-10-8-24-9-14(23-17(24)11(2)21-10)15-7-13(19)16(26-15)18(25)22-12-3-5-20-6-4-12/h7-9,12,20H,3-6H2,1-2H3,(H,22,25). The van der Waals surface area contributed by atoms with E-state index >= 15 is 0 Å². The van der Waals surface area contributed by atoms with Crippen molar-refractivity contribution in [2.24, 2.45) is 0 Å². The lowest BCUT2D eigenvalue weighted by atomic mass is 10.1. The largest absolute Gasteiger partial charge is 0.348 e. The predicted molar refractivity (Wildman–Crippen MR) is 99.1 cm³/mol. The number of carbonyl (C=O) groups is 1. The zero-order valence-electron chi connectivity index (χ0n) is 14.7. The number of aryl methyl sites for hydroxylation is 2. The molecule has 0 bridgehead atoms. The Labute approximate surface area is 154 Å². The first-order valence-electron chi connectivity index (χ1n) is 8.65. The first-order chi connectivity index (χ1) is 12.5. The fourth-order valence-electron chi connectivity index (χ4n) is 3.29. The number of piperidine rings is 1. The third kappa shape index (κ3) is 3.22. The van der Waals surface area contributed by atoms with Crippen LogP contribution in [-0.2, 0) is 0 Å². The van der Waals surface area contributed by atoms with E-state index in [9.17, 15) is 9.18 Å². The van der Waals surface area contributed by atoms with E-state index in [4.69, 9.17) is 0 Å². The molecule has 0 aromatic carbocycles. The number of nitrogens with zero attached hydrogens (tertiary/aromatic N) is 3. The van der Waals surface area contributed by atoms with Crippen molar-refractivity contribution in [1.29, 1.82) is 0 Å². The first kappa shape index (κ1) is 17.1. The van der Waals surface area contributed by atoms with E-state index in [1.165, 1.54) is 6.07 Å². The quantitative estimate of drug-likeness (QED) is 0.741. The molecule has 4 rings (SSSR count). The molecule has 3 aromatic heterocycles. The Bertz CT molecular complexity index is 974. The predicted octanol–water partition coefficient (Wildman–Crippen LogP) is 2.70. The van der Waals surface area contributed by atoms with Crippen molar-refractivity contribution >= 4 is 22.9 Å². The molecule has 0 atom stereocenters. The summed E-state index contributed by atoms with van der Waals surface area (Å²) in [5.74, 6) is -0.845. The molecule has 136 valence electrons. The van der Waals surface area contributed by atoms with Gasteiger partial charge in [-0.1, -0.05) is 0 Å². The summed E-state index contributed by atoms with van der Waals surface area (Å²) in [6, 6.07) is 1.49. The lowest BCUT2D eigenvalue weighted by Crippen LogP contribution is -2.42. The topological polar surface area (TPSA) is 71.3 Å². The van der Waals surface area contributed by atoms with Crippen molar-refractivity contribution in [3.63, 3.8) is 0 Å². The van der Waals surface area contributed by atoms with Crippen LogP contribution in [0.1, 0.15) is 33.9 Å². The highest BCUT2D eigenvalue weighted by molar-refractivity contribution is 7.17. The second-order valence-corrected chi connectivity index (χ2v) is 7.66. The van der Waals surface area contributed by atoms with Gasteiger partial charge in [-0.3, -0.25) is 9.78 Å². The number of halogens is 1. The molecule has 1 fully saturated rings. The van der Waals surface area contributed by atoms with Gasteiger partial charge >= 0.3 is 0 Å². The maximum Gasteiger partial charge on any atom is 0.264 e. The van der Waals surface area contributed by atoms with Crippen molar-refractivity contribution in [2.75, 3.05) is 13.1 Å². The Morgan fingerprint density at radius 2 is 2.08 bits per heavy atom. The van der Waals surface area contributed by atoms with Crippen LogP contribution in [0.2, 0.25) is 0 Å². The van der Waals surface area contributed by atoms with Gasteiger partial charge in [-0.05, 0) is 45.8 Å². The number of hydrogen-bond acceptors (Lipinski definition) is 5. The van der Waals surface area contributed by atoms with Gasteiger partial charge in [0.05, 0.1) is 22.0 Å². The molecular weight excluding hydrogens is 353 g/mol. The number of carbonyl (C=O) groups excluding carboxylic acids is 1. The van der Waals surface area contributed by atoms with Crippen molar-refractivity contribution in [3.8, 4) is 10.6 Å². The van der Waals surface area contributed by atoms with Crippen molar-refractivity contribution in [3.05, 3.63) is 40.5 Å². The highest BCUT2D eigenvalue weighted by Gasteiger charge is 2.22. The summed E-state index contributed by atoms with van der Waals surface area (Å²) in [7, 11) is 0. The Morgan fingerprint density at radius 1 is 1.31 bits per heavy atom. The SMILES string of the molecule is Cc1cn2cc(-c3cc(F)c(C(=O)NC4CCNCC4)s3)nc2c(C)n1. The van der Waals surface area contributed by atoms with Crippen LogP contribution in [0.5, 0.6) is 0 Å². The average molecular weight is 373 g/mol. The highest BCUT2D eigenvalue weighted by Crippen LogP contribution is 2.31. The number of hydrogen-bond donors (Lipinski definition) is 2. The lowest BCUT2D eigenvalue weighted by Gasteiger charge is -2.23. The number of fused-ring (bicyclic) bond motifs is 1. The lowest BCUT2D eigenvalue weighted by molar-refractivity contribution is 0.0930. The Morgan fingerprint density at radius 3 is 2.85 bits per heavy atom. The second-order valence-electron chi connectivity index (χ2n) is 6.61. The minimum Gasteiger partial charge on any atom is -0.348 e. The summed E-state index contributed by atoms with van der Waals surface area (Å²) < 4.78 is 16.3. The number of rotatable bonds is 3. The zero-order valence-corrected chi connectivity index (χ0v) is 15.5. The van der Waals surface area contributed by atoms with Gasteiger partial charge in [0.2, 0.25) is 0 Å². The van der Waals surface area contributed by atoms with Crippen LogP contribution in [0.15, 0.2) is 18.5 Å². The Kier molecular flexibility index (Phi) is 4.46. The van der Waals surface area contributed by atoms with Crippen LogP contribution in [0.3, 0.4) is 0 Å². The molecule has 1 saturated heterocycles. The van der Waals surface area contributed by atoms with Gasteiger partial charge in [0.1, 0.15) is 10.7 Å². The third-order valence-electron chi connectivity index (χ3n) is 4.55. The number of amides is 1. The Balaban J connectivity index is 1.61. The maximum absolute atomic E-state index is 14.4. The minimum absolute atomic E-state index is 0.0978. The van der Waals surface area contributed by atoms with E-state index in [0.717, 1.165) is 54.3 Å². The first-order valence-corrected chi connectivity index (χ1v) is 9.47. The normalized spacial score (nSPS) is 15.5. The van der Waals surface area contributed by atoms with Crippen LogP contribution < -0.4 is 10.6 Å². The van der Waals surface area contributed by atoms with E-state index in [0.29, 0.717) is 10.6 Å². The molecule has 1 amide bonds. The van der Waals surface area contributed by atoms with Crippen molar-refractivity contribution < 1.29 is 9.18 Å². The molecule has 3 aromatic rings. The van der Waals surface area contributed by atoms with Crippen molar-refractivity contribution in [2.45, 2.75) is 32.7 Å². The average Bonchev–Trinajstić information content (AvgIpc) is 3.19. The van der Waals surface area contributed by atoms with Gasteiger partial charge in [-0.25, -0.2) is 9.37 Å². The molecule has 26 heavy (non-hydrogen) atoms. The van der Waals surface area contributed by atoms with Gasteiger partial charge < -0.3 is 15.0 Å². The molecule has 1 aliphatic rings. The van der Waals surface area contributed by atoms with Gasteiger partial charge in [0.15, 0.2) is 5.65 Å². The molecule has 0 saturated carbocycles. The summed E-state index contributed by atoms with van der Waals surface area (Å²) in [4.78, 5) is 22.2. The number of nitrogens with one attached hydrogen (secondary N) is 2. The fourth-order valence-corrected chi connectivity index (χ4v) is 4.18. The summed E-state index contributed by atoms with van der Waals surface area (Å²) in [5, 5.41) is 6.19. The molecule has 8 heteroatoms. The van der Waals surface area contributed by atoms with Crippen LogP contribution in [0.25, 0.3) is 16.2 Å². The van der Waals surface area contributed by atoms with Gasteiger partial charge in [-0.15, -0.1) is 11.3 Å². The summed E-state index contributed by atoms with van der Waals surface area (Å²) >= 11 is 1.14. The van der Waals surface area contributed by atoms with Gasteiger partial charge in [0.25, 0.3) is 5.91 Å². The minimum atomic E-state index is -0.500. The number of aromatic nitrogens is 3. The fraction of sp³-hybridized carbons (Fsp3) is 0.389. The van der Waals surface area contributed by atoms with E-state index in [1.54, 1.807) is 0 Å². The van der Waals surface area contributed by atoms with Crippen LogP contribution in [0, 0.1) is 19.7 Å². The number of thiophene rings is 1. The smallest absolute Gasteiger partial charge is 0.264 e. The molecule has 0 unspecified atom stereocenters. The molecule has 0 aliphatic carbocycles. The van der Waals surface area contributed by atoms with Gasteiger partial charge in [0, 0.05) is 18.4 Å². The molecule has 6 nitrogen and oxygen atoms in total. The second kappa shape index (κ2) is 6.77. The maximum atomic E-state index is 14.4. The van der Waals surface area contributed by atoms with Crippen LogP contribution >= 0.6 is 11.3 Å². The Hall–Kier alpha value is -2.32. The van der Waals surface area contributed by atoms with Crippen LogP contribution in [0.4, 0.5) is 4.39 Å². The van der Waals surface area contributed by atoms with Crippen molar-refractivity contribution in [1.82, 2.24) is 25.0 Å². The molecule has 1 aliphatic heterocycles. The van der Waals surface area contributed by atoms with E-state index in [2.05, 4.69) is 20.6 Å². The number of imidazole rings is 1. The highest BCUT2D eigenvalue weighted by atomic mass is 32.1.